The van der Waals surface area contributed by atoms with Crippen molar-refractivity contribution in [2.75, 3.05) is 45.7 Å². The Morgan fingerprint density at radius 1 is 1.19 bits per heavy atom. The van der Waals surface area contributed by atoms with Crippen LogP contribution < -0.4 is 10.1 Å². The van der Waals surface area contributed by atoms with Gasteiger partial charge in [-0.05, 0) is 43.9 Å². The van der Waals surface area contributed by atoms with Crippen molar-refractivity contribution in [1.82, 2.24) is 9.80 Å². The number of hydrogen-bond acceptors (Lipinski definition) is 4. The maximum absolute atomic E-state index is 12.6. The van der Waals surface area contributed by atoms with Crippen LogP contribution in [0.4, 0.5) is 5.69 Å². The van der Waals surface area contributed by atoms with Crippen molar-refractivity contribution in [3.05, 3.63) is 24.3 Å². The van der Waals surface area contributed by atoms with Crippen molar-refractivity contribution < 1.29 is 14.3 Å². The lowest BCUT2D eigenvalue weighted by Gasteiger charge is -2.41. The molecule has 27 heavy (non-hydrogen) atoms. The zero-order valence-electron chi connectivity index (χ0n) is 16.4. The van der Waals surface area contributed by atoms with Gasteiger partial charge in [0.1, 0.15) is 5.75 Å². The van der Waals surface area contributed by atoms with Crippen molar-refractivity contribution >= 4 is 17.5 Å². The number of rotatable bonds is 6. The summed E-state index contributed by atoms with van der Waals surface area (Å²) in [6.07, 6.45) is 6.37. The van der Waals surface area contributed by atoms with E-state index in [1.807, 2.05) is 30.1 Å². The van der Waals surface area contributed by atoms with Gasteiger partial charge in [-0.3, -0.25) is 14.5 Å². The lowest BCUT2D eigenvalue weighted by atomic mass is 9.75. The van der Waals surface area contributed by atoms with Crippen molar-refractivity contribution in [1.29, 1.82) is 0 Å². The first-order valence-corrected chi connectivity index (χ1v) is 9.95. The SMILES string of the molecule is COc1cccc(NC(=O)CN(C)CC(=O)N2CC[C@@H]3CCCC[C@@H]3C2)c1. The number of anilines is 1. The number of hydrogen-bond donors (Lipinski definition) is 1. The molecule has 1 N–H and O–H groups in total. The summed E-state index contributed by atoms with van der Waals surface area (Å²) in [6, 6.07) is 7.25. The number of fused-ring (bicyclic) bond motifs is 1. The minimum absolute atomic E-state index is 0.135. The third-order valence-corrected chi connectivity index (χ3v) is 5.82. The zero-order valence-corrected chi connectivity index (χ0v) is 16.4. The number of methoxy groups -OCH3 is 1. The average Bonchev–Trinajstić information content (AvgIpc) is 2.67. The van der Waals surface area contributed by atoms with E-state index in [1.165, 1.54) is 25.7 Å². The molecule has 6 nitrogen and oxygen atoms in total. The van der Waals surface area contributed by atoms with Crippen LogP contribution in [0, 0.1) is 11.8 Å². The summed E-state index contributed by atoms with van der Waals surface area (Å²) >= 11 is 0. The van der Waals surface area contributed by atoms with Gasteiger partial charge in [-0.25, -0.2) is 0 Å². The average molecular weight is 373 g/mol. The Kier molecular flexibility index (Phi) is 6.72. The van der Waals surface area contributed by atoms with Crippen LogP contribution >= 0.6 is 0 Å². The molecule has 0 radical (unpaired) electrons. The van der Waals surface area contributed by atoms with E-state index in [9.17, 15) is 9.59 Å². The number of likely N-dealkylation sites (tertiary alicyclic amines) is 1. The largest absolute Gasteiger partial charge is 0.497 e. The second kappa shape index (κ2) is 9.22. The summed E-state index contributed by atoms with van der Waals surface area (Å²) < 4.78 is 5.16. The molecule has 1 aliphatic heterocycles. The van der Waals surface area contributed by atoms with E-state index in [0.29, 0.717) is 17.4 Å². The third-order valence-electron chi connectivity index (χ3n) is 5.82. The maximum atomic E-state index is 12.6. The fourth-order valence-electron chi connectivity index (χ4n) is 4.36. The second-order valence-corrected chi connectivity index (χ2v) is 7.89. The minimum Gasteiger partial charge on any atom is -0.497 e. The number of benzene rings is 1. The lowest BCUT2D eigenvalue weighted by Crippen LogP contribution is -2.48. The van der Waals surface area contributed by atoms with Gasteiger partial charge in [0, 0.05) is 24.8 Å². The van der Waals surface area contributed by atoms with Crippen molar-refractivity contribution in [3.63, 3.8) is 0 Å². The van der Waals surface area contributed by atoms with Crippen molar-refractivity contribution in [2.24, 2.45) is 11.8 Å². The third kappa shape index (κ3) is 5.45. The molecule has 0 aromatic heterocycles. The van der Waals surface area contributed by atoms with E-state index in [1.54, 1.807) is 18.1 Å². The second-order valence-electron chi connectivity index (χ2n) is 7.89. The van der Waals surface area contributed by atoms with Crippen LogP contribution in [0.25, 0.3) is 0 Å². The van der Waals surface area contributed by atoms with Gasteiger partial charge >= 0.3 is 0 Å². The molecule has 0 unspecified atom stereocenters. The Bertz CT molecular complexity index is 664. The number of ether oxygens (including phenoxy) is 1. The normalized spacial score (nSPS) is 22.3. The van der Waals surface area contributed by atoms with E-state index in [0.717, 1.165) is 25.4 Å². The summed E-state index contributed by atoms with van der Waals surface area (Å²) in [4.78, 5) is 28.7. The Morgan fingerprint density at radius 2 is 1.96 bits per heavy atom. The molecule has 1 saturated carbocycles. The molecule has 0 bridgehead atoms. The van der Waals surface area contributed by atoms with Gasteiger partial charge in [-0.1, -0.05) is 25.3 Å². The summed E-state index contributed by atoms with van der Waals surface area (Å²) in [5, 5.41) is 2.85. The first kappa shape index (κ1) is 19.7. The first-order chi connectivity index (χ1) is 13.0. The fourth-order valence-corrected chi connectivity index (χ4v) is 4.36. The van der Waals surface area contributed by atoms with Crippen molar-refractivity contribution in [2.45, 2.75) is 32.1 Å². The maximum Gasteiger partial charge on any atom is 0.238 e. The number of amides is 2. The Balaban J connectivity index is 1.44. The number of nitrogens with one attached hydrogen (secondary N) is 1. The van der Waals surface area contributed by atoms with Crippen LogP contribution in [0.15, 0.2) is 24.3 Å². The summed E-state index contributed by atoms with van der Waals surface area (Å²) in [5.74, 6) is 2.19. The fraction of sp³-hybridized carbons (Fsp3) is 0.619. The number of piperidine rings is 1. The zero-order chi connectivity index (χ0) is 19.2. The van der Waals surface area contributed by atoms with Crippen LogP contribution in [-0.4, -0.2) is 62.0 Å². The van der Waals surface area contributed by atoms with Crippen LogP contribution in [0.2, 0.25) is 0 Å². The molecule has 1 aliphatic carbocycles. The van der Waals surface area contributed by atoms with Gasteiger partial charge in [0.2, 0.25) is 11.8 Å². The number of carbonyl (C=O) groups excluding carboxylic acids is 2. The van der Waals surface area contributed by atoms with Gasteiger partial charge in [-0.2, -0.15) is 0 Å². The van der Waals surface area contributed by atoms with Gasteiger partial charge in [-0.15, -0.1) is 0 Å². The predicted molar refractivity (Wildman–Crippen MR) is 106 cm³/mol. The molecule has 3 rings (SSSR count). The molecular formula is C21H31N3O3. The number of nitrogens with zero attached hydrogens (tertiary/aromatic N) is 2. The number of likely N-dealkylation sites (N-methyl/N-ethyl adjacent to an activating group) is 1. The molecule has 1 aromatic rings. The first-order valence-electron chi connectivity index (χ1n) is 9.95. The molecule has 1 saturated heterocycles. The monoisotopic (exact) mass is 373 g/mol. The van der Waals surface area contributed by atoms with Gasteiger partial charge in [0.25, 0.3) is 0 Å². The smallest absolute Gasteiger partial charge is 0.238 e. The summed E-state index contributed by atoms with van der Waals surface area (Å²) in [7, 11) is 3.41. The minimum atomic E-state index is -0.135. The number of carbonyl (C=O) groups is 2. The summed E-state index contributed by atoms with van der Waals surface area (Å²) in [5.41, 5.74) is 0.693. The molecule has 148 valence electrons. The van der Waals surface area contributed by atoms with E-state index >= 15 is 0 Å². The van der Waals surface area contributed by atoms with Crippen LogP contribution in [0.5, 0.6) is 5.75 Å². The Labute approximate surface area is 161 Å². The predicted octanol–water partition coefficient (Wildman–Crippen LogP) is 2.60. The Morgan fingerprint density at radius 3 is 2.74 bits per heavy atom. The molecule has 2 amide bonds. The molecular weight excluding hydrogens is 342 g/mol. The molecule has 6 heteroatoms. The molecule has 2 fully saturated rings. The lowest BCUT2D eigenvalue weighted by molar-refractivity contribution is -0.135. The highest BCUT2D eigenvalue weighted by Crippen LogP contribution is 2.36. The van der Waals surface area contributed by atoms with Crippen LogP contribution in [-0.2, 0) is 9.59 Å². The van der Waals surface area contributed by atoms with Crippen LogP contribution in [0.3, 0.4) is 0 Å². The highest BCUT2D eigenvalue weighted by Gasteiger charge is 2.33. The van der Waals surface area contributed by atoms with Gasteiger partial charge in [0.05, 0.1) is 20.2 Å². The molecule has 2 atom stereocenters. The molecule has 1 aromatic carbocycles. The Hall–Kier alpha value is -2.08. The van der Waals surface area contributed by atoms with E-state index in [-0.39, 0.29) is 24.9 Å². The van der Waals surface area contributed by atoms with E-state index < -0.39 is 0 Å². The van der Waals surface area contributed by atoms with E-state index in [4.69, 9.17) is 4.74 Å². The standard InChI is InChI=1S/C21H31N3O3/c1-23(14-20(25)22-18-8-5-9-19(12-18)27-2)15-21(26)24-11-10-16-6-3-4-7-17(16)13-24/h5,8-9,12,16-17H,3-4,6-7,10-11,13-15H2,1-2H3,(H,22,25)/t16-,17+/m0/s1. The van der Waals surface area contributed by atoms with E-state index in [2.05, 4.69) is 5.32 Å². The van der Waals surface area contributed by atoms with Gasteiger partial charge in [0.15, 0.2) is 0 Å². The quantitative estimate of drug-likeness (QED) is 0.833. The molecule has 2 aliphatic rings. The summed E-state index contributed by atoms with van der Waals surface area (Å²) in [6.45, 7) is 2.23. The topological polar surface area (TPSA) is 61.9 Å². The highest BCUT2D eigenvalue weighted by molar-refractivity contribution is 5.92. The molecule has 0 spiro atoms. The van der Waals surface area contributed by atoms with Crippen molar-refractivity contribution in [3.8, 4) is 5.75 Å². The van der Waals surface area contributed by atoms with Crippen LogP contribution in [0.1, 0.15) is 32.1 Å². The highest BCUT2D eigenvalue weighted by atomic mass is 16.5. The van der Waals surface area contributed by atoms with Gasteiger partial charge < -0.3 is 15.0 Å². The molecule has 1 heterocycles.